The van der Waals surface area contributed by atoms with Crippen molar-refractivity contribution >= 4 is 23.7 Å². The maximum atomic E-state index is 12.6. The molecule has 0 fully saturated rings. The first-order valence-corrected chi connectivity index (χ1v) is 8.59. The highest BCUT2D eigenvalue weighted by Crippen LogP contribution is 2.17. The van der Waals surface area contributed by atoms with Crippen molar-refractivity contribution in [3.63, 3.8) is 0 Å². The van der Waals surface area contributed by atoms with Gasteiger partial charge >= 0.3 is 5.97 Å². The molecule has 0 N–H and O–H groups in total. The van der Waals surface area contributed by atoms with Crippen molar-refractivity contribution in [3.8, 4) is 0 Å². The summed E-state index contributed by atoms with van der Waals surface area (Å²) in [6.45, 7) is 1.99. The van der Waals surface area contributed by atoms with E-state index in [2.05, 4.69) is 9.97 Å². The monoisotopic (exact) mass is 365 g/mol. The van der Waals surface area contributed by atoms with Gasteiger partial charge in [0.05, 0.1) is 24.6 Å². The Bertz CT molecular complexity index is 1020. The van der Waals surface area contributed by atoms with Gasteiger partial charge < -0.3 is 4.74 Å². The van der Waals surface area contributed by atoms with Crippen molar-refractivity contribution in [1.29, 1.82) is 0 Å². The molecule has 0 amide bonds. The molecule has 3 aromatic rings. The van der Waals surface area contributed by atoms with Gasteiger partial charge in [-0.25, -0.2) is 14.8 Å². The first-order valence-electron chi connectivity index (χ1n) is 8.59. The van der Waals surface area contributed by atoms with Crippen LogP contribution in [-0.2, 0) is 17.6 Å². The summed E-state index contributed by atoms with van der Waals surface area (Å²) in [4.78, 5) is 43.7. The lowest BCUT2D eigenvalue weighted by Gasteiger charge is -2.10. The fraction of sp³-hybridized carbons (Fsp3) is 0.250. The third-order valence-electron chi connectivity index (χ3n) is 4.45. The predicted molar refractivity (Wildman–Crippen MR) is 98.2 cm³/mol. The molecule has 7 heteroatoms. The summed E-state index contributed by atoms with van der Waals surface area (Å²) in [6, 6.07) is 6.83. The van der Waals surface area contributed by atoms with Gasteiger partial charge in [0.1, 0.15) is 12.0 Å². The summed E-state index contributed by atoms with van der Waals surface area (Å²) in [5.41, 5.74) is 3.53. The SMILES string of the molecule is CCc1cc(C(=O)OC)ccc1CCC(=O)c1cc(C=O)n2cncc2n1. The van der Waals surface area contributed by atoms with E-state index in [9.17, 15) is 14.4 Å². The maximum absolute atomic E-state index is 12.6. The molecule has 0 saturated heterocycles. The Morgan fingerprint density at radius 1 is 1.22 bits per heavy atom. The van der Waals surface area contributed by atoms with Crippen LogP contribution >= 0.6 is 0 Å². The zero-order valence-electron chi connectivity index (χ0n) is 15.1. The van der Waals surface area contributed by atoms with E-state index in [-0.39, 0.29) is 23.9 Å². The van der Waals surface area contributed by atoms with Crippen LogP contribution in [0.3, 0.4) is 0 Å². The van der Waals surface area contributed by atoms with E-state index < -0.39 is 0 Å². The molecule has 0 saturated carbocycles. The molecule has 1 aromatic carbocycles. The van der Waals surface area contributed by atoms with Crippen LogP contribution in [0.1, 0.15) is 55.8 Å². The number of ether oxygens (including phenoxy) is 1. The van der Waals surface area contributed by atoms with Crippen molar-refractivity contribution < 1.29 is 19.1 Å². The van der Waals surface area contributed by atoms with Crippen LogP contribution in [0.15, 0.2) is 36.8 Å². The molecule has 3 rings (SSSR count). The van der Waals surface area contributed by atoms with Gasteiger partial charge in [-0.2, -0.15) is 0 Å². The van der Waals surface area contributed by atoms with Gasteiger partial charge in [-0.05, 0) is 42.2 Å². The van der Waals surface area contributed by atoms with Crippen LogP contribution in [0.4, 0.5) is 0 Å². The first-order chi connectivity index (χ1) is 13.1. The maximum Gasteiger partial charge on any atom is 0.337 e. The quantitative estimate of drug-likeness (QED) is 0.363. The number of aromatic nitrogens is 3. The fourth-order valence-electron chi connectivity index (χ4n) is 2.99. The van der Waals surface area contributed by atoms with Crippen LogP contribution in [-0.4, -0.2) is 39.5 Å². The molecule has 27 heavy (non-hydrogen) atoms. The number of fused-ring (bicyclic) bond motifs is 1. The summed E-state index contributed by atoms with van der Waals surface area (Å²) < 4.78 is 6.28. The molecule has 2 heterocycles. The molecule has 2 aromatic heterocycles. The topological polar surface area (TPSA) is 90.6 Å². The number of rotatable bonds is 7. The summed E-state index contributed by atoms with van der Waals surface area (Å²) in [5, 5.41) is 0. The van der Waals surface area contributed by atoms with Gasteiger partial charge in [0.25, 0.3) is 0 Å². The number of hydrogen-bond acceptors (Lipinski definition) is 6. The highest BCUT2D eigenvalue weighted by atomic mass is 16.5. The average molecular weight is 365 g/mol. The Labute approximate surface area is 156 Å². The minimum Gasteiger partial charge on any atom is -0.465 e. The minimum atomic E-state index is -0.382. The van der Waals surface area contributed by atoms with Crippen molar-refractivity contribution in [2.24, 2.45) is 0 Å². The number of aryl methyl sites for hydroxylation is 2. The lowest BCUT2D eigenvalue weighted by molar-refractivity contribution is 0.0600. The first kappa shape index (κ1) is 18.4. The molecule has 0 aliphatic carbocycles. The molecule has 0 aliphatic heterocycles. The van der Waals surface area contributed by atoms with Gasteiger partial charge in [-0.1, -0.05) is 13.0 Å². The molecule has 0 atom stereocenters. The standard InChI is InChI=1S/C20H19N3O4/c1-3-13-8-15(20(26)27-2)5-4-14(13)6-7-18(25)17-9-16(11-24)23-12-21-10-19(23)22-17/h4-5,8-12H,3,6-7H2,1-2H3. The molecular weight excluding hydrogens is 346 g/mol. The Morgan fingerprint density at radius 3 is 2.74 bits per heavy atom. The van der Waals surface area contributed by atoms with Crippen LogP contribution in [0.5, 0.6) is 0 Å². The number of methoxy groups -OCH3 is 1. The molecule has 0 bridgehead atoms. The summed E-state index contributed by atoms with van der Waals surface area (Å²) >= 11 is 0. The number of hydrogen-bond donors (Lipinski definition) is 0. The summed E-state index contributed by atoms with van der Waals surface area (Å²) in [6.07, 6.45) is 5.17. The second-order valence-electron chi connectivity index (χ2n) is 6.06. The van der Waals surface area contributed by atoms with E-state index in [1.165, 1.54) is 30.1 Å². The molecule has 138 valence electrons. The Balaban J connectivity index is 1.79. The second kappa shape index (κ2) is 7.90. The number of carbonyl (C=O) groups is 3. The van der Waals surface area contributed by atoms with Crippen LogP contribution in [0, 0.1) is 0 Å². The van der Waals surface area contributed by atoms with Gasteiger partial charge in [-0.3, -0.25) is 14.0 Å². The van der Waals surface area contributed by atoms with E-state index in [0.29, 0.717) is 29.6 Å². The number of esters is 1. The Kier molecular flexibility index (Phi) is 5.40. The lowest BCUT2D eigenvalue weighted by Crippen LogP contribution is -2.09. The predicted octanol–water partition coefficient (Wildman–Crippen LogP) is 2.71. The smallest absolute Gasteiger partial charge is 0.337 e. The van der Waals surface area contributed by atoms with Crippen LogP contribution in [0.25, 0.3) is 5.65 Å². The second-order valence-corrected chi connectivity index (χ2v) is 6.06. The number of Topliss-reactive ketones (excluding diaryl/α,β-unsaturated/α-hetero) is 1. The largest absolute Gasteiger partial charge is 0.465 e. The number of imidazole rings is 1. The highest BCUT2D eigenvalue weighted by molar-refractivity contribution is 5.96. The third kappa shape index (κ3) is 3.76. The van der Waals surface area contributed by atoms with Crippen molar-refractivity contribution in [2.45, 2.75) is 26.2 Å². The molecule has 0 radical (unpaired) electrons. The summed E-state index contributed by atoms with van der Waals surface area (Å²) in [5.74, 6) is -0.534. The van der Waals surface area contributed by atoms with Gasteiger partial charge in [0, 0.05) is 6.42 Å². The lowest BCUT2D eigenvalue weighted by atomic mass is 9.97. The number of ketones is 1. The van der Waals surface area contributed by atoms with Gasteiger partial charge in [0.15, 0.2) is 17.7 Å². The van der Waals surface area contributed by atoms with E-state index in [0.717, 1.165) is 17.5 Å². The fourth-order valence-corrected chi connectivity index (χ4v) is 2.99. The number of aldehydes is 1. The minimum absolute atomic E-state index is 0.152. The molecule has 7 nitrogen and oxygen atoms in total. The van der Waals surface area contributed by atoms with Crippen LogP contribution in [0.2, 0.25) is 0 Å². The van der Waals surface area contributed by atoms with E-state index in [1.54, 1.807) is 12.1 Å². The average Bonchev–Trinajstić information content (AvgIpc) is 3.19. The van der Waals surface area contributed by atoms with Crippen LogP contribution < -0.4 is 0 Å². The number of benzene rings is 1. The molecular formula is C20H19N3O4. The third-order valence-corrected chi connectivity index (χ3v) is 4.45. The number of carbonyl (C=O) groups excluding carboxylic acids is 3. The van der Waals surface area contributed by atoms with E-state index in [4.69, 9.17) is 4.74 Å². The molecule has 0 unspecified atom stereocenters. The Morgan fingerprint density at radius 2 is 2.04 bits per heavy atom. The zero-order chi connectivity index (χ0) is 19.4. The van der Waals surface area contributed by atoms with E-state index in [1.807, 2.05) is 13.0 Å². The van der Waals surface area contributed by atoms with Gasteiger partial charge in [0.2, 0.25) is 0 Å². The Hall–Kier alpha value is -3.35. The van der Waals surface area contributed by atoms with E-state index >= 15 is 0 Å². The van der Waals surface area contributed by atoms with Crippen molar-refractivity contribution in [2.75, 3.05) is 7.11 Å². The zero-order valence-corrected chi connectivity index (χ0v) is 15.1. The highest BCUT2D eigenvalue weighted by Gasteiger charge is 2.14. The molecule has 0 aliphatic rings. The normalized spacial score (nSPS) is 10.7. The summed E-state index contributed by atoms with van der Waals surface area (Å²) in [7, 11) is 1.35. The van der Waals surface area contributed by atoms with Gasteiger partial charge in [-0.15, -0.1) is 0 Å². The molecule has 0 spiro atoms. The number of nitrogens with zero attached hydrogens (tertiary/aromatic N) is 3. The van der Waals surface area contributed by atoms with Crippen molar-refractivity contribution in [1.82, 2.24) is 14.4 Å². The van der Waals surface area contributed by atoms with Crippen molar-refractivity contribution in [3.05, 3.63) is 64.9 Å².